The molecule has 0 unspecified atom stereocenters. The summed E-state index contributed by atoms with van der Waals surface area (Å²) in [6.45, 7) is 5.16. The van der Waals surface area contributed by atoms with Crippen LogP contribution in [-0.4, -0.2) is 64.7 Å². The van der Waals surface area contributed by atoms with Crippen LogP contribution in [0.3, 0.4) is 0 Å². The van der Waals surface area contributed by atoms with Gasteiger partial charge < -0.3 is 4.90 Å². The highest BCUT2D eigenvalue weighted by Crippen LogP contribution is 2.35. The van der Waals surface area contributed by atoms with Crippen LogP contribution < -0.4 is 0 Å². The van der Waals surface area contributed by atoms with E-state index in [4.69, 9.17) is 5.10 Å². The van der Waals surface area contributed by atoms with Crippen molar-refractivity contribution < 1.29 is 13.2 Å². The molecule has 4 heterocycles. The van der Waals surface area contributed by atoms with Crippen LogP contribution >= 0.6 is 11.8 Å². The minimum atomic E-state index is -3.60. The van der Waals surface area contributed by atoms with E-state index in [0.29, 0.717) is 35.2 Å². The molecule has 0 bridgehead atoms. The fourth-order valence-electron chi connectivity index (χ4n) is 5.36. The van der Waals surface area contributed by atoms with E-state index in [9.17, 15) is 13.2 Å². The second-order valence-electron chi connectivity index (χ2n) is 10.7. The van der Waals surface area contributed by atoms with E-state index in [2.05, 4.69) is 16.8 Å². The molecule has 3 aromatic rings. The molecule has 3 aliphatic heterocycles. The van der Waals surface area contributed by atoms with E-state index in [1.165, 1.54) is 11.8 Å². The van der Waals surface area contributed by atoms with Crippen LogP contribution in [0, 0.1) is 5.92 Å². The van der Waals surface area contributed by atoms with E-state index in [1.54, 1.807) is 27.2 Å². The van der Waals surface area contributed by atoms with Gasteiger partial charge in [0.1, 0.15) is 5.69 Å². The van der Waals surface area contributed by atoms with Gasteiger partial charge in [-0.25, -0.2) is 13.1 Å². The largest absolute Gasteiger partial charge is 0.351 e. The van der Waals surface area contributed by atoms with E-state index < -0.39 is 10.0 Å². The molecule has 0 saturated carbocycles. The molecule has 0 aliphatic carbocycles. The molecule has 0 atom stereocenters. The number of nitrogens with zero attached hydrogens (tertiary/aromatic N) is 5. The maximum Gasteiger partial charge on any atom is 0.286 e. The Bertz CT molecular complexity index is 1570. The van der Waals surface area contributed by atoms with Gasteiger partial charge in [0.05, 0.1) is 15.5 Å². The Morgan fingerprint density at radius 2 is 1.70 bits per heavy atom. The number of carbonyl (C=O) groups excluding carboxylic acids is 1. The molecular weight excluding hydrogens is 542 g/mol. The average molecular weight is 576 g/mol. The summed E-state index contributed by atoms with van der Waals surface area (Å²) in [5.41, 5.74) is 2.90. The summed E-state index contributed by atoms with van der Waals surface area (Å²) >= 11 is 1.40. The summed E-state index contributed by atoms with van der Waals surface area (Å²) in [6, 6.07) is 16.7. The topological polar surface area (TPSA) is 87.9 Å². The molecule has 2 aromatic carbocycles. The number of rotatable bonds is 5. The average Bonchev–Trinajstić information content (AvgIpc) is 3.58. The Kier molecular flexibility index (Phi) is 7.65. The molecule has 3 aliphatic rings. The second-order valence-corrected chi connectivity index (χ2v) is 13.6. The molecule has 1 amide bonds. The first-order valence-electron chi connectivity index (χ1n) is 13.9. The monoisotopic (exact) mass is 575 g/mol. The lowest BCUT2D eigenvalue weighted by atomic mass is 10.00. The number of likely N-dealkylation sites (tertiary alicyclic amines) is 1. The number of hydrogen-bond acceptors (Lipinski definition) is 6. The van der Waals surface area contributed by atoms with Crippen LogP contribution in [0.15, 0.2) is 75.6 Å². The number of aliphatic imine (C=N–C) groups is 1. The number of amides is 1. The van der Waals surface area contributed by atoms with Crippen LogP contribution in [0.2, 0.25) is 0 Å². The number of amidine groups is 1. The van der Waals surface area contributed by atoms with Gasteiger partial charge in [0.2, 0.25) is 10.0 Å². The number of thioether (sulfide) groups is 1. The van der Waals surface area contributed by atoms with Crippen LogP contribution in [0.5, 0.6) is 0 Å². The Morgan fingerprint density at radius 1 is 0.950 bits per heavy atom. The van der Waals surface area contributed by atoms with Gasteiger partial charge in [-0.15, -0.1) is 0 Å². The second kappa shape index (κ2) is 11.3. The van der Waals surface area contributed by atoms with Gasteiger partial charge in [0.15, 0.2) is 5.17 Å². The molecule has 2 saturated heterocycles. The molecule has 40 heavy (non-hydrogen) atoms. The first-order valence-corrected chi connectivity index (χ1v) is 16.2. The molecule has 0 radical (unpaired) electrons. The summed E-state index contributed by atoms with van der Waals surface area (Å²) in [6.07, 6.45) is 8.73. The number of aromatic nitrogens is 2. The third-order valence-electron chi connectivity index (χ3n) is 7.77. The van der Waals surface area contributed by atoms with E-state index in [-0.39, 0.29) is 10.8 Å². The lowest BCUT2D eigenvalue weighted by Gasteiger charge is -2.30. The van der Waals surface area contributed by atoms with Crippen LogP contribution in [0.4, 0.5) is 0 Å². The van der Waals surface area contributed by atoms with Crippen molar-refractivity contribution in [2.75, 3.05) is 26.2 Å². The van der Waals surface area contributed by atoms with Gasteiger partial charge in [-0.05, 0) is 73.7 Å². The highest BCUT2D eigenvalue weighted by atomic mass is 32.2. The third kappa shape index (κ3) is 5.53. The van der Waals surface area contributed by atoms with Gasteiger partial charge in [0, 0.05) is 43.5 Å². The van der Waals surface area contributed by atoms with Crippen LogP contribution in [0.25, 0.3) is 23.0 Å². The summed E-state index contributed by atoms with van der Waals surface area (Å²) in [5, 5.41) is 5.62. The zero-order valence-electron chi connectivity index (χ0n) is 22.6. The van der Waals surface area contributed by atoms with Crippen molar-refractivity contribution in [1.82, 2.24) is 19.0 Å². The van der Waals surface area contributed by atoms with Crippen molar-refractivity contribution >= 4 is 38.9 Å². The first-order chi connectivity index (χ1) is 19.4. The predicted molar refractivity (Wildman–Crippen MR) is 160 cm³/mol. The van der Waals surface area contributed by atoms with Crippen molar-refractivity contribution in [3.05, 3.63) is 71.3 Å². The van der Waals surface area contributed by atoms with E-state index >= 15 is 0 Å². The quantitative estimate of drug-likeness (QED) is 0.378. The number of piperidine rings is 2. The SMILES string of the molecule is CC1CCN(C2=NC(=O)/C(=C/c3cn(-c4ccccc4)nc3-c3cccc(S(=O)(=O)N4CCCCC4)c3)S2)CC1. The first kappa shape index (κ1) is 27.0. The smallest absolute Gasteiger partial charge is 0.286 e. The van der Waals surface area contributed by atoms with Crippen molar-refractivity contribution in [3.8, 4) is 16.9 Å². The lowest BCUT2D eigenvalue weighted by Crippen LogP contribution is -2.35. The van der Waals surface area contributed by atoms with Gasteiger partial charge in [0.25, 0.3) is 5.91 Å². The maximum absolute atomic E-state index is 13.4. The van der Waals surface area contributed by atoms with Gasteiger partial charge in [-0.1, -0.05) is 43.7 Å². The zero-order chi connectivity index (χ0) is 27.7. The van der Waals surface area contributed by atoms with Crippen LogP contribution in [0.1, 0.15) is 44.6 Å². The fraction of sp³-hybridized carbons (Fsp3) is 0.367. The number of sulfonamides is 1. The molecule has 10 heteroatoms. The standard InChI is InChI=1S/C30H33N5O3S2/c1-22-13-17-33(18-14-22)30-31-29(36)27(39-30)20-24-21-35(25-10-4-2-5-11-25)32-28(24)23-9-8-12-26(19-23)40(37,38)34-15-6-3-7-16-34/h2,4-5,8-12,19-22H,3,6-7,13-18H2,1H3/b27-20-. The molecule has 6 rings (SSSR count). The fourth-order valence-corrected chi connectivity index (χ4v) is 7.88. The molecule has 0 spiro atoms. The van der Waals surface area contributed by atoms with Crippen molar-refractivity contribution in [2.24, 2.45) is 10.9 Å². The Morgan fingerprint density at radius 3 is 2.45 bits per heavy atom. The summed E-state index contributed by atoms with van der Waals surface area (Å²) < 4.78 is 30.2. The van der Waals surface area contributed by atoms with Crippen LogP contribution in [-0.2, 0) is 14.8 Å². The predicted octanol–water partition coefficient (Wildman–Crippen LogP) is 5.42. The van der Waals surface area contributed by atoms with Gasteiger partial charge >= 0.3 is 0 Å². The van der Waals surface area contributed by atoms with Crippen molar-refractivity contribution in [1.29, 1.82) is 0 Å². The normalized spacial score (nSPS) is 20.3. The Hall–Kier alpha value is -3.21. The minimum Gasteiger partial charge on any atom is -0.351 e. The van der Waals surface area contributed by atoms with Gasteiger partial charge in [-0.3, -0.25) is 4.79 Å². The highest BCUT2D eigenvalue weighted by Gasteiger charge is 2.30. The summed E-state index contributed by atoms with van der Waals surface area (Å²) in [5.74, 6) is 0.438. The lowest BCUT2D eigenvalue weighted by molar-refractivity contribution is -0.113. The number of para-hydroxylation sites is 1. The van der Waals surface area contributed by atoms with E-state index in [1.807, 2.05) is 48.7 Å². The van der Waals surface area contributed by atoms with Gasteiger partial charge in [-0.2, -0.15) is 14.4 Å². The molecule has 1 aromatic heterocycles. The molecule has 208 valence electrons. The van der Waals surface area contributed by atoms with Crippen molar-refractivity contribution in [2.45, 2.75) is 43.9 Å². The Labute approximate surface area is 239 Å². The molecule has 2 fully saturated rings. The Balaban J connectivity index is 1.36. The highest BCUT2D eigenvalue weighted by molar-refractivity contribution is 8.18. The summed E-state index contributed by atoms with van der Waals surface area (Å²) in [4.78, 5) is 20.3. The minimum absolute atomic E-state index is 0.251. The molecule has 0 N–H and O–H groups in total. The number of hydrogen-bond donors (Lipinski definition) is 0. The number of carbonyl (C=O) groups is 1. The molecular formula is C30H33N5O3S2. The summed E-state index contributed by atoms with van der Waals surface area (Å²) in [7, 11) is -3.60. The third-order valence-corrected chi connectivity index (χ3v) is 10.7. The van der Waals surface area contributed by atoms with E-state index in [0.717, 1.165) is 61.6 Å². The zero-order valence-corrected chi connectivity index (χ0v) is 24.2. The molecule has 8 nitrogen and oxygen atoms in total. The number of benzene rings is 2. The maximum atomic E-state index is 13.4. The van der Waals surface area contributed by atoms with Crippen molar-refractivity contribution in [3.63, 3.8) is 0 Å².